The van der Waals surface area contributed by atoms with Crippen LogP contribution in [0.4, 0.5) is 0 Å². The van der Waals surface area contributed by atoms with E-state index in [0.717, 1.165) is 19.4 Å². The molecule has 0 spiro atoms. The lowest BCUT2D eigenvalue weighted by molar-refractivity contribution is -0.142. The number of carbonyl (C=O) groups is 2. The molecule has 0 radical (unpaired) electrons. The Morgan fingerprint density at radius 1 is 1.62 bits per heavy atom. The second kappa shape index (κ2) is 6.27. The number of rotatable bonds is 5. The van der Waals surface area contributed by atoms with Gasteiger partial charge in [0.25, 0.3) is 0 Å². The van der Waals surface area contributed by atoms with Crippen LogP contribution < -0.4 is 10.6 Å². The van der Waals surface area contributed by atoms with Crippen molar-refractivity contribution in [2.24, 2.45) is 5.92 Å². The fraction of sp³-hybridized carbons (Fsp3) is 0.636. The van der Waals surface area contributed by atoms with Gasteiger partial charge in [0.15, 0.2) is 0 Å². The summed E-state index contributed by atoms with van der Waals surface area (Å²) in [5.41, 5.74) is 0. The Morgan fingerprint density at radius 2 is 2.38 bits per heavy atom. The minimum absolute atomic E-state index is 0.111. The summed E-state index contributed by atoms with van der Waals surface area (Å²) in [5, 5.41) is 14.5. The van der Waals surface area contributed by atoms with Gasteiger partial charge < -0.3 is 15.7 Å². The summed E-state index contributed by atoms with van der Waals surface area (Å²) in [7, 11) is 0. The third kappa shape index (κ3) is 3.66. The Kier molecular flexibility index (Phi) is 4.98. The molecule has 0 aromatic carbocycles. The largest absolute Gasteiger partial charge is 0.480 e. The predicted molar refractivity (Wildman–Crippen MR) is 60.0 cm³/mol. The fourth-order valence-corrected chi connectivity index (χ4v) is 1.75. The molecule has 1 heterocycles. The molecule has 1 aliphatic heterocycles. The molecule has 16 heavy (non-hydrogen) atoms. The first-order valence-corrected chi connectivity index (χ1v) is 5.50. The minimum Gasteiger partial charge on any atom is -0.480 e. The zero-order valence-corrected chi connectivity index (χ0v) is 9.24. The SMILES string of the molecule is C=CCC(NC(=O)[C@H]1CCCNC1)C(=O)O. The first-order chi connectivity index (χ1) is 7.65. The second-order valence-electron chi connectivity index (χ2n) is 3.97. The van der Waals surface area contributed by atoms with Crippen LogP contribution in [-0.4, -0.2) is 36.1 Å². The summed E-state index contributed by atoms with van der Waals surface area (Å²) < 4.78 is 0. The van der Waals surface area contributed by atoms with Gasteiger partial charge >= 0.3 is 5.97 Å². The summed E-state index contributed by atoms with van der Waals surface area (Å²) in [6, 6.07) is -0.855. The van der Waals surface area contributed by atoms with E-state index in [1.165, 1.54) is 6.08 Å². The molecule has 1 unspecified atom stereocenters. The van der Waals surface area contributed by atoms with Gasteiger partial charge in [-0.3, -0.25) is 4.79 Å². The summed E-state index contributed by atoms with van der Waals surface area (Å²) in [4.78, 5) is 22.6. The molecule has 1 aliphatic rings. The molecule has 0 saturated carbocycles. The van der Waals surface area contributed by atoms with Crippen LogP contribution in [-0.2, 0) is 9.59 Å². The molecular formula is C11H18N2O3. The number of aliphatic carboxylic acids is 1. The van der Waals surface area contributed by atoms with E-state index in [-0.39, 0.29) is 18.2 Å². The maximum atomic E-state index is 11.7. The maximum absolute atomic E-state index is 11.7. The molecule has 2 atom stereocenters. The van der Waals surface area contributed by atoms with Crippen molar-refractivity contribution < 1.29 is 14.7 Å². The van der Waals surface area contributed by atoms with Gasteiger partial charge in [0.05, 0.1) is 5.92 Å². The van der Waals surface area contributed by atoms with Crippen molar-refractivity contribution in [1.29, 1.82) is 0 Å². The van der Waals surface area contributed by atoms with Crippen molar-refractivity contribution in [3.63, 3.8) is 0 Å². The monoisotopic (exact) mass is 226 g/mol. The average Bonchev–Trinajstić information content (AvgIpc) is 2.29. The molecule has 0 aromatic heterocycles. The summed E-state index contributed by atoms with van der Waals surface area (Å²) in [6.45, 7) is 5.04. The lowest BCUT2D eigenvalue weighted by Gasteiger charge is -2.23. The Balaban J connectivity index is 2.46. The van der Waals surface area contributed by atoms with Crippen LogP contribution >= 0.6 is 0 Å². The minimum atomic E-state index is -1.02. The van der Waals surface area contributed by atoms with Crippen molar-refractivity contribution >= 4 is 11.9 Å². The second-order valence-corrected chi connectivity index (χ2v) is 3.97. The van der Waals surface area contributed by atoms with E-state index in [2.05, 4.69) is 17.2 Å². The molecular weight excluding hydrogens is 208 g/mol. The van der Waals surface area contributed by atoms with Gasteiger partial charge in [0, 0.05) is 6.54 Å². The first-order valence-electron chi connectivity index (χ1n) is 5.50. The van der Waals surface area contributed by atoms with Crippen LogP contribution in [0.3, 0.4) is 0 Å². The zero-order chi connectivity index (χ0) is 12.0. The molecule has 0 aromatic rings. The summed E-state index contributed by atoms with van der Waals surface area (Å²) >= 11 is 0. The van der Waals surface area contributed by atoms with Crippen LogP contribution in [0.1, 0.15) is 19.3 Å². The Hall–Kier alpha value is -1.36. The van der Waals surface area contributed by atoms with E-state index in [1.807, 2.05) is 0 Å². The van der Waals surface area contributed by atoms with Crippen LogP contribution in [0.2, 0.25) is 0 Å². The standard InChI is InChI=1S/C11H18N2O3/c1-2-4-9(11(15)16)13-10(14)8-5-3-6-12-7-8/h2,8-9,12H,1,3-7H2,(H,13,14)(H,15,16)/t8-,9?/m0/s1. The van der Waals surface area contributed by atoms with Gasteiger partial charge in [-0.1, -0.05) is 6.08 Å². The van der Waals surface area contributed by atoms with Crippen LogP contribution in [0, 0.1) is 5.92 Å². The lowest BCUT2D eigenvalue weighted by atomic mass is 9.98. The molecule has 1 saturated heterocycles. The molecule has 3 N–H and O–H groups in total. The maximum Gasteiger partial charge on any atom is 0.326 e. The predicted octanol–water partition coefficient (Wildman–Crippen LogP) is 0.132. The van der Waals surface area contributed by atoms with E-state index in [9.17, 15) is 9.59 Å². The van der Waals surface area contributed by atoms with E-state index in [4.69, 9.17) is 5.11 Å². The van der Waals surface area contributed by atoms with Gasteiger partial charge in [-0.05, 0) is 25.8 Å². The number of piperidine rings is 1. The van der Waals surface area contributed by atoms with E-state index < -0.39 is 12.0 Å². The number of nitrogens with one attached hydrogen (secondary N) is 2. The van der Waals surface area contributed by atoms with Gasteiger partial charge in [0.2, 0.25) is 5.91 Å². The highest BCUT2D eigenvalue weighted by Gasteiger charge is 2.25. The molecule has 0 bridgehead atoms. The van der Waals surface area contributed by atoms with Gasteiger partial charge in [0.1, 0.15) is 6.04 Å². The quantitative estimate of drug-likeness (QED) is 0.582. The Labute approximate surface area is 94.9 Å². The molecule has 1 fully saturated rings. The molecule has 5 heteroatoms. The van der Waals surface area contributed by atoms with Crippen molar-refractivity contribution in [2.45, 2.75) is 25.3 Å². The molecule has 1 amide bonds. The fourth-order valence-electron chi connectivity index (χ4n) is 1.75. The van der Waals surface area contributed by atoms with Crippen molar-refractivity contribution in [3.8, 4) is 0 Å². The normalized spacial score (nSPS) is 22.1. The molecule has 1 rings (SSSR count). The molecule has 0 aliphatic carbocycles. The lowest BCUT2D eigenvalue weighted by Crippen LogP contribution is -2.47. The van der Waals surface area contributed by atoms with Crippen molar-refractivity contribution in [3.05, 3.63) is 12.7 Å². The van der Waals surface area contributed by atoms with Crippen molar-refractivity contribution in [2.75, 3.05) is 13.1 Å². The number of carboxylic acids is 1. The number of carbonyl (C=O) groups excluding carboxylic acids is 1. The van der Waals surface area contributed by atoms with E-state index in [1.54, 1.807) is 0 Å². The molecule has 90 valence electrons. The van der Waals surface area contributed by atoms with Crippen molar-refractivity contribution in [1.82, 2.24) is 10.6 Å². The van der Waals surface area contributed by atoms with Gasteiger partial charge in [-0.15, -0.1) is 6.58 Å². The highest BCUT2D eigenvalue weighted by atomic mass is 16.4. The Bertz CT molecular complexity index is 272. The number of hydrogen-bond donors (Lipinski definition) is 3. The average molecular weight is 226 g/mol. The zero-order valence-electron chi connectivity index (χ0n) is 9.24. The smallest absolute Gasteiger partial charge is 0.326 e. The molecule has 5 nitrogen and oxygen atoms in total. The first kappa shape index (κ1) is 12.7. The van der Waals surface area contributed by atoms with Crippen LogP contribution in [0.5, 0.6) is 0 Å². The van der Waals surface area contributed by atoms with Gasteiger partial charge in [-0.25, -0.2) is 4.79 Å². The van der Waals surface area contributed by atoms with E-state index >= 15 is 0 Å². The van der Waals surface area contributed by atoms with Gasteiger partial charge in [-0.2, -0.15) is 0 Å². The van der Waals surface area contributed by atoms with Crippen LogP contribution in [0.15, 0.2) is 12.7 Å². The highest BCUT2D eigenvalue weighted by Crippen LogP contribution is 2.10. The highest BCUT2D eigenvalue weighted by molar-refractivity contribution is 5.85. The number of amides is 1. The number of carboxylic acid groups (broad SMARTS) is 1. The summed E-state index contributed by atoms with van der Waals surface area (Å²) in [6.07, 6.45) is 3.52. The topological polar surface area (TPSA) is 78.4 Å². The number of hydrogen-bond acceptors (Lipinski definition) is 3. The van der Waals surface area contributed by atoms with Crippen LogP contribution in [0.25, 0.3) is 0 Å². The third-order valence-electron chi connectivity index (χ3n) is 2.68. The summed E-state index contributed by atoms with van der Waals surface area (Å²) in [5.74, 6) is -1.31. The van der Waals surface area contributed by atoms with E-state index in [0.29, 0.717) is 6.54 Å². The Morgan fingerprint density at radius 3 is 2.88 bits per heavy atom. The third-order valence-corrected chi connectivity index (χ3v) is 2.68.